The van der Waals surface area contributed by atoms with Crippen LogP contribution in [0, 0.1) is 0 Å². The molecule has 1 aromatic carbocycles. The van der Waals surface area contributed by atoms with E-state index in [1.807, 2.05) is 19.9 Å². The summed E-state index contributed by atoms with van der Waals surface area (Å²) in [5, 5.41) is -0.286. The van der Waals surface area contributed by atoms with E-state index in [1.165, 1.54) is 12.6 Å². The van der Waals surface area contributed by atoms with Crippen molar-refractivity contribution < 1.29 is 19.1 Å². The third kappa shape index (κ3) is 4.21. The number of carbonyl (C=O) groups is 2. The lowest BCUT2D eigenvalue weighted by Crippen LogP contribution is -2.22. The van der Waals surface area contributed by atoms with Crippen molar-refractivity contribution in [1.29, 1.82) is 0 Å². The van der Waals surface area contributed by atoms with Gasteiger partial charge in [-0.25, -0.2) is 0 Å². The molecule has 1 saturated heterocycles. The number of likely N-dealkylation sites (N-methyl/N-ethyl adjacent to an activating group) is 1. The van der Waals surface area contributed by atoms with Gasteiger partial charge in [0.1, 0.15) is 18.1 Å². The van der Waals surface area contributed by atoms with Gasteiger partial charge in [0.15, 0.2) is 0 Å². The standard InChI is InChI=1S/C17H18BrNO4S/c1-10(2)5-6-23-14-9-13(22-4)11(7-12(14)18)8-15-16(20)19(3)17(21)24-15/h5,7-9H,6H2,1-4H3/b15-8-. The van der Waals surface area contributed by atoms with Crippen LogP contribution in [-0.4, -0.2) is 36.8 Å². The predicted molar refractivity (Wildman–Crippen MR) is 99.4 cm³/mol. The number of hydrogen-bond acceptors (Lipinski definition) is 5. The highest BCUT2D eigenvalue weighted by atomic mass is 79.9. The molecule has 5 nitrogen and oxygen atoms in total. The topological polar surface area (TPSA) is 55.8 Å². The molecule has 1 aromatic rings. The zero-order chi connectivity index (χ0) is 17.9. The lowest BCUT2D eigenvalue weighted by atomic mass is 10.1. The molecule has 128 valence electrons. The molecule has 0 spiro atoms. The molecule has 0 saturated carbocycles. The maximum absolute atomic E-state index is 12.0. The summed E-state index contributed by atoms with van der Waals surface area (Å²) in [6.45, 7) is 4.46. The van der Waals surface area contributed by atoms with Gasteiger partial charge in [-0.15, -0.1) is 0 Å². The highest BCUT2D eigenvalue weighted by molar-refractivity contribution is 9.10. The molecule has 2 amide bonds. The van der Waals surface area contributed by atoms with Gasteiger partial charge < -0.3 is 9.47 Å². The van der Waals surface area contributed by atoms with Crippen LogP contribution >= 0.6 is 27.7 Å². The van der Waals surface area contributed by atoms with Crippen LogP contribution in [0.25, 0.3) is 6.08 Å². The summed E-state index contributed by atoms with van der Waals surface area (Å²) < 4.78 is 11.8. The van der Waals surface area contributed by atoms with Gasteiger partial charge in [0.2, 0.25) is 0 Å². The van der Waals surface area contributed by atoms with E-state index in [2.05, 4.69) is 15.9 Å². The normalized spacial score (nSPS) is 15.9. The van der Waals surface area contributed by atoms with Crippen LogP contribution in [0.15, 0.2) is 33.2 Å². The Hall–Kier alpha value is -1.73. The predicted octanol–water partition coefficient (Wildman–Crippen LogP) is 4.47. The molecular formula is C17H18BrNO4S. The number of amides is 2. The monoisotopic (exact) mass is 411 g/mol. The van der Waals surface area contributed by atoms with E-state index >= 15 is 0 Å². The zero-order valence-electron chi connectivity index (χ0n) is 13.9. The Morgan fingerprint density at radius 3 is 2.54 bits per heavy atom. The number of rotatable bonds is 5. The fourth-order valence-electron chi connectivity index (χ4n) is 1.94. The minimum absolute atomic E-state index is 0.286. The van der Waals surface area contributed by atoms with E-state index < -0.39 is 0 Å². The third-order valence-corrected chi connectivity index (χ3v) is 4.87. The van der Waals surface area contributed by atoms with Gasteiger partial charge >= 0.3 is 0 Å². The zero-order valence-corrected chi connectivity index (χ0v) is 16.3. The van der Waals surface area contributed by atoms with Crippen LogP contribution in [0.2, 0.25) is 0 Å². The van der Waals surface area contributed by atoms with Crippen LogP contribution in [0.3, 0.4) is 0 Å². The fraction of sp³-hybridized carbons (Fsp3) is 0.294. The summed E-state index contributed by atoms with van der Waals surface area (Å²) in [7, 11) is 3.01. The van der Waals surface area contributed by atoms with Crippen molar-refractivity contribution in [3.05, 3.63) is 38.7 Å². The first-order valence-corrected chi connectivity index (χ1v) is 8.79. The first kappa shape index (κ1) is 18.6. The van der Waals surface area contributed by atoms with Crippen molar-refractivity contribution in [2.75, 3.05) is 20.8 Å². The van der Waals surface area contributed by atoms with Crippen LogP contribution in [0.1, 0.15) is 19.4 Å². The molecule has 0 N–H and O–H groups in total. The van der Waals surface area contributed by atoms with E-state index in [4.69, 9.17) is 9.47 Å². The summed E-state index contributed by atoms with van der Waals surface area (Å²) in [5.74, 6) is 0.894. The lowest BCUT2D eigenvalue weighted by Gasteiger charge is -2.12. The maximum atomic E-state index is 12.0. The molecule has 0 unspecified atom stereocenters. The first-order chi connectivity index (χ1) is 11.3. The van der Waals surface area contributed by atoms with E-state index in [1.54, 1.807) is 25.3 Å². The van der Waals surface area contributed by atoms with Crippen LogP contribution < -0.4 is 9.47 Å². The average molecular weight is 412 g/mol. The van der Waals surface area contributed by atoms with Crippen LogP contribution in [-0.2, 0) is 4.79 Å². The quantitative estimate of drug-likeness (QED) is 0.528. The van der Waals surface area contributed by atoms with E-state index in [9.17, 15) is 9.59 Å². The summed E-state index contributed by atoms with van der Waals surface area (Å²) in [5.41, 5.74) is 1.86. The number of halogens is 1. The Morgan fingerprint density at radius 1 is 1.29 bits per heavy atom. The van der Waals surface area contributed by atoms with Crippen molar-refractivity contribution in [2.45, 2.75) is 13.8 Å². The second-order valence-corrected chi connectivity index (χ2v) is 7.21. The number of benzene rings is 1. The first-order valence-electron chi connectivity index (χ1n) is 7.18. The minimum atomic E-state index is -0.313. The highest BCUT2D eigenvalue weighted by Gasteiger charge is 2.32. The maximum Gasteiger partial charge on any atom is 0.293 e. The molecule has 24 heavy (non-hydrogen) atoms. The van der Waals surface area contributed by atoms with Gasteiger partial charge in [-0.3, -0.25) is 14.5 Å². The number of nitrogens with zero attached hydrogens (tertiary/aromatic N) is 1. The highest BCUT2D eigenvalue weighted by Crippen LogP contribution is 2.37. The number of allylic oxidation sites excluding steroid dienone is 1. The van der Waals surface area contributed by atoms with Crippen LogP contribution in [0.4, 0.5) is 4.79 Å². The Bertz CT molecular complexity index is 738. The van der Waals surface area contributed by atoms with Gasteiger partial charge in [0.05, 0.1) is 16.5 Å². The van der Waals surface area contributed by atoms with Crippen molar-refractivity contribution >= 4 is 44.9 Å². The Labute approximate surface area is 153 Å². The van der Waals surface area contributed by atoms with Crippen molar-refractivity contribution in [1.82, 2.24) is 4.90 Å². The molecule has 0 aromatic heterocycles. The second-order valence-electron chi connectivity index (χ2n) is 5.36. The average Bonchev–Trinajstić information content (AvgIpc) is 2.76. The number of thioether (sulfide) groups is 1. The summed E-state index contributed by atoms with van der Waals surface area (Å²) in [6, 6.07) is 3.56. The van der Waals surface area contributed by atoms with Gasteiger partial charge in [-0.1, -0.05) is 5.57 Å². The van der Waals surface area contributed by atoms with Crippen molar-refractivity contribution in [2.24, 2.45) is 0 Å². The summed E-state index contributed by atoms with van der Waals surface area (Å²) in [6.07, 6.45) is 3.63. The Morgan fingerprint density at radius 2 is 2.00 bits per heavy atom. The van der Waals surface area contributed by atoms with Gasteiger partial charge in [0.25, 0.3) is 11.1 Å². The molecular weight excluding hydrogens is 394 g/mol. The Kier molecular flexibility index (Phi) is 6.12. The van der Waals surface area contributed by atoms with E-state index in [0.717, 1.165) is 21.1 Å². The SMILES string of the molecule is COc1cc(OCC=C(C)C)c(Br)cc1/C=C1\SC(=O)N(C)C1=O. The molecule has 0 aliphatic carbocycles. The van der Waals surface area contributed by atoms with Gasteiger partial charge in [-0.2, -0.15) is 0 Å². The molecule has 0 atom stereocenters. The molecule has 1 aliphatic heterocycles. The molecule has 1 aliphatic rings. The second kappa shape index (κ2) is 7.90. The molecule has 0 bridgehead atoms. The van der Waals surface area contributed by atoms with E-state index in [-0.39, 0.29) is 11.1 Å². The van der Waals surface area contributed by atoms with Gasteiger partial charge in [-0.05, 0) is 59.8 Å². The number of imide groups is 1. The Balaban J connectivity index is 2.32. The fourth-order valence-corrected chi connectivity index (χ4v) is 3.23. The number of methoxy groups -OCH3 is 1. The molecule has 2 rings (SSSR count). The molecule has 7 heteroatoms. The van der Waals surface area contributed by atoms with Crippen molar-refractivity contribution in [3.63, 3.8) is 0 Å². The smallest absolute Gasteiger partial charge is 0.293 e. The number of carbonyl (C=O) groups excluding carboxylic acids is 2. The minimum Gasteiger partial charge on any atom is -0.496 e. The largest absolute Gasteiger partial charge is 0.496 e. The summed E-state index contributed by atoms with van der Waals surface area (Å²) >= 11 is 4.38. The summed E-state index contributed by atoms with van der Waals surface area (Å²) in [4.78, 5) is 25.1. The number of hydrogen-bond donors (Lipinski definition) is 0. The third-order valence-electron chi connectivity index (χ3n) is 3.29. The van der Waals surface area contributed by atoms with Crippen molar-refractivity contribution in [3.8, 4) is 11.5 Å². The molecule has 0 radical (unpaired) electrons. The number of ether oxygens (including phenoxy) is 2. The van der Waals surface area contributed by atoms with Crippen LogP contribution in [0.5, 0.6) is 11.5 Å². The van der Waals surface area contributed by atoms with Gasteiger partial charge in [0, 0.05) is 18.7 Å². The molecule has 1 heterocycles. The lowest BCUT2D eigenvalue weighted by molar-refractivity contribution is -0.121. The molecule has 1 fully saturated rings. The van der Waals surface area contributed by atoms with E-state index in [0.29, 0.717) is 28.6 Å².